The van der Waals surface area contributed by atoms with E-state index < -0.39 is 10.0 Å². The molecule has 4 rings (SSSR count). The molecule has 3 heterocycles. The van der Waals surface area contributed by atoms with Crippen LogP contribution >= 0.6 is 11.8 Å². The van der Waals surface area contributed by atoms with Crippen LogP contribution < -0.4 is 0 Å². The van der Waals surface area contributed by atoms with Gasteiger partial charge in [-0.3, -0.25) is 4.79 Å². The van der Waals surface area contributed by atoms with Crippen molar-refractivity contribution in [2.75, 3.05) is 31.9 Å². The molecule has 2 saturated heterocycles. The summed E-state index contributed by atoms with van der Waals surface area (Å²) < 4.78 is 26.7. The molecule has 8 heteroatoms. The molecule has 1 amide bonds. The van der Waals surface area contributed by atoms with Crippen molar-refractivity contribution in [1.82, 2.24) is 14.2 Å². The first kappa shape index (κ1) is 22.3. The Morgan fingerprint density at radius 2 is 1.71 bits per heavy atom. The number of nitrogens with zero attached hydrogens (tertiary/aromatic N) is 3. The van der Waals surface area contributed by atoms with Gasteiger partial charge >= 0.3 is 0 Å². The summed E-state index contributed by atoms with van der Waals surface area (Å²) in [6.07, 6.45) is 6.38. The molecule has 0 atom stereocenters. The summed E-state index contributed by atoms with van der Waals surface area (Å²) >= 11 is 1.37. The lowest BCUT2D eigenvalue weighted by atomic mass is 9.90. The average molecular weight is 460 g/mol. The molecule has 0 N–H and O–H groups in total. The second kappa shape index (κ2) is 10.1. The lowest BCUT2D eigenvalue weighted by molar-refractivity contribution is -0.129. The van der Waals surface area contributed by atoms with Crippen LogP contribution in [0.15, 0.2) is 58.6 Å². The van der Waals surface area contributed by atoms with Crippen molar-refractivity contribution in [2.45, 2.75) is 42.0 Å². The fraction of sp³-hybridized carbons (Fsp3) is 0.478. The number of piperidine rings is 1. The van der Waals surface area contributed by atoms with Crippen molar-refractivity contribution < 1.29 is 13.2 Å². The Hall–Kier alpha value is -1.90. The molecule has 0 radical (unpaired) electrons. The van der Waals surface area contributed by atoms with Crippen molar-refractivity contribution in [3.8, 4) is 0 Å². The van der Waals surface area contributed by atoms with E-state index in [0.717, 1.165) is 45.2 Å². The summed E-state index contributed by atoms with van der Waals surface area (Å²) in [5, 5.41) is 0.674. The number of amides is 1. The van der Waals surface area contributed by atoms with Gasteiger partial charge in [0, 0.05) is 32.4 Å². The molecular weight excluding hydrogens is 430 g/mol. The van der Waals surface area contributed by atoms with Crippen LogP contribution in [0.25, 0.3) is 0 Å². The minimum atomic E-state index is -3.45. The van der Waals surface area contributed by atoms with Gasteiger partial charge in [-0.1, -0.05) is 42.1 Å². The molecule has 2 aliphatic heterocycles. The Morgan fingerprint density at radius 3 is 2.35 bits per heavy atom. The largest absolute Gasteiger partial charge is 0.342 e. The van der Waals surface area contributed by atoms with E-state index in [1.807, 2.05) is 11.0 Å². The topological polar surface area (TPSA) is 70.6 Å². The number of likely N-dealkylation sites (tertiary alicyclic amines) is 1. The summed E-state index contributed by atoms with van der Waals surface area (Å²) in [5.74, 6) is 1.08. The van der Waals surface area contributed by atoms with Crippen LogP contribution in [0.5, 0.6) is 0 Å². The van der Waals surface area contributed by atoms with E-state index in [4.69, 9.17) is 0 Å². The number of benzene rings is 1. The Morgan fingerprint density at radius 1 is 1.00 bits per heavy atom. The molecule has 2 aromatic rings. The molecular formula is C23H29N3O3S2. The monoisotopic (exact) mass is 459 g/mol. The zero-order chi connectivity index (χ0) is 21.7. The van der Waals surface area contributed by atoms with Crippen LogP contribution in [-0.4, -0.2) is 60.4 Å². The summed E-state index contributed by atoms with van der Waals surface area (Å²) in [5.41, 5.74) is 1.36. The van der Waals surface area contributed by atoms with Crippen LogP contribution in [0.4, 0.5) is 0 Å². The van der Waals surface area contributed by atoms with Gasteiger partial charge in [0.25, 0.3) is 0 Å². The molecule has 166 valence electrons. The Kier molecular flexibility index (Phi) is 7.30. The summed E-state index contributed by atoms with van der Waals surface area (Å²) in [4.78, 5) is 19.1. The second-order valence-electron chi connectivity index (χ2n) is 8.25. The van der Waals surface area contributed by atoms with E-state index >= 15 is 0 Å². The molecule has 1 aromatic carbocycles. The first-order valence-corrected chi connectivity index (χ1v) is 13.4. The first-order chi connectivity index (χ1) is 15.0. The second-order valence-corrected chi connectivity index (χ2v) is 11.2. The van der Waals surface area contributed by atoms with Crippen molar-refractivity contribution in [1.29, 1.82) is 0 Å². The lowest BCUT2D eigenvalue weighted by Gasteiger charge is -2.32. The highest BCUT2D eigenvalue weighted by Crippen LogP contribution is 2.25. The van der Waals surface area contributed by atoms with Gasteiger partial charge in [0.15, 0.2) is 0 Å². The van der Waals surface area contributed by atoms with Gasteiger partial charge in [-0.05, 0) is 55.7 Å². The zero-order valence-electron chi connectivity index (χ0n) is 17.7. The molecule has 2 aliphatic rings. The van der Waals surface area contributed by atoms with Crippen molar-refractivity contribution >= 4 is 27.7 Å². The lowest BCUT2D eigenvalue weighted by Crippen LogP contribution is -2.39. The van der Waals surface area contributed by atoms with Crippen LogP contribution in [0, 0.1) is 5.92 Å². The molecule has 0 spiro atoms. The Bertz CT molecular complexity index is 967. The fourth-order valence-electron chi connectivity index (χ4n) is 4.24. The Balaban J connectivity index is 1.24. The maximum Gasteiger partial charge on any atom is 0.244 e. The summed E-state index contributed by atoms with van der Waals surface area (Å²) in [6, 6.07) is 13.8. The number of hydrogen-bond donors (Lipinski definition) is 0. The maximum absolute atomic E-state index is 12.6. The van der Waals surface area contributed by atoms with E-state index in [1.165, 1.54) is 27.8 Å². The van der Waals surface area contributed by atoms with E-state index in [0.29, 0.717) is 29.8 Å². The number of carbonyl (C=O) groups is 1. The third-order valence-electron chi connectivity index (χ3n) is 6.09. The smallest absolute Gasteiger partial charge is 0.244 e. The minimum absolute atomic E-state index is 0.124. The highest BCUT2D eigenvalue weighted by atomic mass is 32.2. The van der Waals surface area contributed by atoms with Crippen LogP contribution in [-0.2, 0) is 21.2 Å². The van der Waals surface area contributed by atoms with Gasteiger partial charge in [0.05, 0.1) is 10.8 Å². The average Bonchev–Trinajstić information content (AvgIpc) is 3.35. The van der Waals surface area contributed by atoms with Crippen LogP contribution in [0.1, 0.15) is 31.2 Å². The van der Waals surface area contributed by atoms with Gasteiger partial charge in [-0.2, -0.15) is 4.31 Å². The molecule has 31 heavy (non-hydrogen) atoms. The number of thioether (sulfide) groups is 1. The molecule has 0 unspecified atom stereocenters. The normalized spacial score (nSPS) is 18.4. The van der Waals surface area contributed by atoms with Gasteiger partial charge in [0.1, 0.15) is 4.90 Å². The SMILES string of the molecule is O=C(CSc1ccc(S(=O)(=O)N2CCCC2)cn1)N1CCC(Cc2ccccc2)CC1. The Labute approximate surface area is 189 Å². The zero-order valence-corrected chi connectivity index (χ0v) is 19.3. The standard InChI is InChI=1S/C23H29N3O3S2/c27-23(25-14-10-20(11-15-25)16-19-6-2-1-3-7-19)18-30-22-9-8-21(17-24-22)31(28,29)26-12-4-5-13-26/h1-3,6-9,17,20H,4-5,10-16,18H2. The van der Waals surface area contributed by atoms with Gasteiger partial charge in [-0.25, -0.2) is 13.4 Å². The number of pyridine rings is 1. The number of sulfonamides is 1. The number of aromatic nitrogens is 1. The highest BCUT2D eigenvalue weighted by Gasteiger charge is 2.27. The predicted octanol–water partition coefficient (Wildman–Crippen LogP) is 3.44. The minimum Gasteiger partial charge on any atom is -0.342 e. The van der Waals surface area contributed by atoms with Gasteiger partial charge in [0.2, 0.25) is 15.9 Å². The van der Waals surface area contributed by atoms with E-state index in [1.54, 1.807) is 12.1 Å². The molecule has 2 fully saturated rings. The first-order valence-electron chi connectivity index (χ1n) is 10.9. The maximum atomic E-state index is 12.6. The van der Waals surface area contributed by atoms with Crippen LogP contribution in [0.2, 0.25) is 0 Å². The predicted molar refractivity (Wildman–Crippen MR) is 122 cm³/mol. The third-order valence-corrected chi connectivity index (χ3v) is 8.90. The van der Waals surface area contributed by atoms with E-state index in [-0.39, 0.29) is 10.8 Å². The van der Waals surface area contributed by atoms with Crippen LogP contribution in [0.3, 0.4) is 0 Å². The third kappa shape index (κ3) is 5.67. The molecule has 0 bridgehead atoms. The number of carbonyl (C=O) groups excluding carboxylic acids is 1. The van der Waals surface area contributed by atoms with Crippen molar-refractivity contribution in [3.63, 3.8) is 0 Å². The molecule has 0 saturated carbocycles. The van der Waals surface area contributed by atoms with Crippen molar-refractivity contribution in [3.05, 3.63) is 54.2 Å². The molecule has 0 aliphatic carbocycles. The summed E-state index contributed by atoms with van der Waals surface area (Å²) in [7, 11) is -3.45. The molecule has 6 nitrogen and oxygen atoms in total. The molecule has 1 aromatic heterocycles. The quantitative estimate of drug-likeness (QED) is 0.593. The van der Waals surface area contributed by atoms with E-state index in [2.05, 4.69) is 29.2 Å². The van der Waals surface area contributed by atoms with Crippen molar-refractivity contribution in [2.24, 2.45) is 5.92 Å². The highest BCUT2D eigenvalue weighted by molar-refractivity contribution is 7.99. The summed E-state index contributed by atoms with van der Waals surface area (Å²) in [6.45, 7) is 2.76. The number of hydrogen-bond acceptors (Lipinski definition) is 5. The van der Waals surface area contributed by atoms with Gasteiger partial charge in [-0.15, -0.1) is 0 Å². The van der Waals surface area contributed by atoms with E-state index in [9.17, 15) is 13.2 Å². The fourth-order valence-corrected chi connectivity index (χ4v) is 6.45. The number of rotatable bonds is 7. The van der Waals surface area contributed by atoms with Gasteiger partial charge < -0.3 is 4.90 Å².